The molecule has 2 aliphatic heterocycles. The van der Waals surface area contributed by atoms with Gasteiger partial charge in [-0.25, -0.2) is 0 Å². The van der Waals surface area contributed by atoms with E-state index in [9.17, 15) is 10.2 Å². The van der Waals surface area contributed by atoms with Crippen molar-refractivity contribution in [3.63, 3.8) is 0 Å². The van der Waals surface area contributed by atoms with Crippen molar-refractivity contribution in [3.05, 3.63) is 215 Å². The molecular formula is C54H58O11. The first-order chi connectivity index (χ1) is 32.1. The summed E-state index contributed by atoms with van der Waals surface area (Å²) in [6.45, 7) is 1.50. The van der Waals surface area contributed by atoms with Crippen LogP contribution in [0, 0.1) is 0 Å². The molecule has 6 aromatic rings. The molecule has 2 fully saturated rings. The summed E-state index contributed by atoms with van der Waals surface area (Å²) in [6.07, 6.45) is -10.6. The number of ether oxygens (including phenoxy) is 9. The van der Waals surface area contributed by atoms with Crippen LogP contribution in [0.15, 0.2) is 182 Å². The zero-order chi connectivity index (χ0) is 44.5. The highest BCUT2D eigenvalue weighted by Crippen LogP contribution is 2.35. The minimum Gasteiger partial charge on any atom is -0.385 e. The normalized spacial score (nSPS) is 25.6. The zero-order valence-electron chi connectivity index (χ0n) is 36.3. The lowest BCUT2D eigenvalue weighted by atomic mass is 9.96. The molecule has 0 saturated carbocycles. The molecule has 0 aromatic heterocycles. The molecule has 10 atom stereocenters. The fraction of sp³-hybridized carbons (Fsp3) is 0.333. The van der Waals surface area contributed by atoms with Crippen LogP contribution in [0.2, 0.25) is 0 Å². The van der Waals surface area contributed by atoms with Gasteiger partial charge in [0.05, 0.1) is 52.9 Å². The van der Waals surface area contributed by atoms with Gasteiger partial charge in [-0.1, -0.05) is 182 Å². The van der Waals surface area contributed by atoms with E-state index in [1.54, 1.807) is 0 Å². The van der Waals surface area contributed by atoms with Gasteiger partial charge < -0.3 is 52.8 Å². The summed E-state index contributed by atoms with van der Waals surface area (Å²) in [4.78, 5) is 0. The molecule has 11 nitrogen and oxygen atoms in total. The Balaban J connectivity index is 1.11. The summed E-state index contributed by atoms with van der Waals surface area (Å²) in [6, 6.07) is 58.7. The summed E-state index contributed by atoms with van der Waals surface area (Å²) in [5.74, 6) is 0. The summed E-state index contributed by atoms with van der Waals surface area (Å²) < 4.78 is 59.2. The SMILES string of the molecule is O[C@H]1[C@H](O[C@@H]2[C@@H](OCc3ccccc3)[C@H](O)O[C@H](COCc3ccccc3)[C@H]2OCc2ccccc2)O[C@H](COCc2ccccc2)[C@@H](OCc2ccccc2)[C@@H]1OCc1ccccc1. The van der Waals surface area contributed by atoms with Gasteiger partial charge in [0.1, 0.15) is 48.8 Å². The van der Waals surface area contributed by atoms with Crippen molar-refractivity contribution in [2.75, 3.05) is 13.2 Å². The second-order valence-electron chi connectivity index (χ2n) is 16.2. The maximum Gasteiger partial charge on any atom is 0.187 e. The minimum absolute atomic E-state index is 0.0545. The van der Waals surface area contributed by atoms with Crippen LogP contribution in [0.3, 0.4) is 0 Å². The zero-order valence-corrected chi connectivity index (χ0v) is 36.3. The number of rotatable bonds is 22. The maximum atomic E-state index is 12.5. The summed E-state index contributed by atoms with van der Waals surface area (Å²) in [5.41, 5.74) is 5.62. The Morgan fingerprint density at radius 2 is 0.646 bits per heavy atom. The topological polar surface area (TPSA) is 124 Å². The Labute approximate surface area is 381 Å². The van der Waals surface area contributed by atoms with Gasteiger partial charge in [0.2, 0.25) is 0 Å². The molecule has 2 heterocycles. The van der Waals surface area contributed by atoms with Gasteiger partial charge in [-0.15, -0.1) is 0 Å². The number of hydrogen-bond acceptors (Lipinski definition) is 11. The van der Waals surface area contributed by atoms with Gasteiger partial charge in [-0.05, 0) is 33.4 Å². The smallest absolute Gasteiger partial charge is 0.187 e. The van der Waals surface area contributed by atoms with Crippen molar-refractivity contribution in [2.45, 2.75) is 101 Å². The summed E-state index contributed by atoms with van der Waals surface area (Å²) >= 11 is 0. The van der Waals surface area contributed by atoms with E-state index in [0.717, 1.165) is 33.4 Å². The Kier molecular flexibility index (Phi) is 17.4. The Morgan fingerprint density at radius 3 is 1.03 bits per heavy atom. The van der Waals surface area contributed by atoms with Crippen molar-refractivity contribution in [2.24, 2.45) is 0 Å². The quantitative estimate of drug-likeness (QED) is 0.0691. The van der Waals surface area contributed by atoms with Crippen molar-refractivity contribution in [3.8, 4) is 0 Å². The van der Waals surface area contributed by atoms with Crippen LogP contribution in [0.25, 0.3) is 0 Å². The molecule has 340 valence electrons. The third-order valence-electron chi connectivity index (χ3n) is 11.4. The standard InChI is InChI=1S/C54H58O11/c55-47-50(61-35-43-27-15-5-16-28-43)48(59-33-41-23-11-3-12-24-41)46(38-58-32-40-21-9-2-10-22-40)64-54(47)65-51-49(60-34-42-25-13-4-14-26-42)45(37-57-31-39-19-7-1-8-20-39)63-53(56)52(51)62-36-44-29-17-6-18-30-44/h1-30,45-56H,31-38H2/t45-,46-,47-,48-,49-,50-,51+,52-,53-,54+/m1/s1. The average molecular weight is 883 g/mol. The van der Waals surface area contributed by atoms with Crippen molar-refractivity contribution >= 4 is 0 Å². The van der Waals surface area contributed by atoms with Gasteiger partial charge in [0.25, 0.3) is 0 Å². The van der Waals surface area contributed by atoms with Gasteiger partial charge in [-0.3, -0.25) is 0 Å². The van der Waals surface area contributed by atoms with Gasteiger partial charge in [0.15, 0.2) is 12.6 Å². The first-order valence-corrected chi connectivity index (χ1v) is 22.3. The third-order valence-corrected chi connectivity index (χ3v) is 11.4. The van der Waals surface area contributed by atoms with Crippen molar-refractivity contribution in [1.29, 1.82) is 0 Å². The van der Waals surface area contributed by atoms with Gasteiger partial charge >= 0.3 is 0 Å². The van der Waals surface area contributed by atoms with Crippen LogP contribution < -0.4 is 0 Å². The molecule has 65 heavy (non-hydrogen) atoms. The fourth-order valence-corrected chi connectivity index (χ4v) is 8.05. The Bertz CT molecular complexity index is 2210. The molecule has 2 saturated heterocycles. The van der Waals surface area contributed by atoms with Crippen LogP contribution in [-0.2, 0) is 82.3 Å². The molecule has 0 aliphatic carbocycles. The predicted molar refractivity (Wildman–Crippen MR) is 243 cm³/mol. The second kappa shape index (κ2) is 24.4. The molecule has 0 spiro atoms. The van der Waals surface area contributed by atoms with E-state index >= 15 is 0 Å². The lowest BCUT2D eigenvalue weighted by molar-refractivity contribution is -0.371. The highest BCUT2D eigenvalue weighted by atomic mass is 16.7. The van der Waals surface area contributed by atoms with E-state index in [1.807, 2.05) is 182 Å². The minimum atomic E-state index is -1.47. The highest BCUT2D eigenvalue weighted by molar-refractivity contribution is 5.18. The van der Waals surface area contributed by atoms with Gasteiger partial charge in [0, 0.05) is 0 Å². The van der Waals surface area contributed by atoms with E-state index in [4.69, 9.17) is 42.6 Å². The molecule has 11 heteroatoms. The molecule has 0 amide bonds. The number of benzene rings is 6. The monoisotopic (exact) mass is 882 g/mol. The largest absolute Gasteiger partial charge is 0.385 e. The first kappa shape index (κ1) is 46.4. The summed E-state index contributed by atoms with van der Waals surface area (Å²) in [5, 5.41) is 24.4. The van der Waals surface area contributed by atoms with Crippen LogP contribution >= 0.6 is 0 Å². The van der Waals surface area contributed by atoms with Crippen LogP contribution in [0.1, 0.15) is 33.4 Å². The van der Waals surface area contributed by atoms with Crippen LogP contribution in [0.5, 0.6) is 0 Å². The van der Waals surface area contributed by atoms with E-state index in [-0.39, 0.29) is 39.6 Å². The molecule has 2 aliphatic rings. The van der Waals surface area contributed by atoms with E-state index in [0.29, 0.717) is 13.2 Å². The molecule has 0 radical (unpaired) electrons. The van der Waals surface area contributed by atoms with Gasteiger partial charge in [-0.2, -0.15) is 0 Å². The molecule has 0 unspecified atom stereocenters. The second-order valence-corrected chi connectivity index (χ2v) is 16.2. The first-order valence-electron chi connectivity index (χ1n) is 22.3. The predicted octanol–water partition coefficient (Wildman–Crippen LogP) is 7.95. The fourth-order valence-electron chi connectivity index (χ4n) is 8.05. The van der Waals surface area contributed by atoms with Crippen LogP contribution in [0.4, 0.5) is 0 Å². The average Bonchev–Trinajstić information content (AvgIpc) is 3.35. The third kappa shape index (κ3) is 13.5. The Hall–Kier alpha value is -5.12. The Morgan fingerprint density at radius 1 is 0.338 bits per heavy atom. The number of aliphatic hydroxyl groups excluding tert-OH is 2. The highest BCUT2D eigenvalue weighted by Gasteiger charge is 2.53. The number of aliphatic hydroxyl groups is 2. The van der Waals surface area contributed by atoms with Crippen molar-refractivity contribution in [1.82, 2.24) is 0 Å². The lowest BCUT2D eigenvalue weighted by Crippen LogP contribution is -2.66. The summed E-state index contributed by atoms with van der Waals surface area (Å²) in [7, 11) is 0. The molecule has 6 aromatic carbocycles. The molecule has 8 rings (SSSR count). The van der Waals surface area contributed by atoms with E-state index < -0.39 is 61.4 Å². The molecule has 0 bridgehead atoms. The maximum absolute atomic E-state index is 12.5. The van der Waals surface area contributed by atoms with Crippen LogP contribution in [-0.4, -0.2) is 84.8 Å². The lowest BCUT2D eigenvalue weighted by Gasteiger charge is -2.49. The van der Waals surface area contributed by atoms with E-state index in [1.165, 1.54) is 0 Å². The van der Waals surface area contributed by atoms with E-state index in [2.05, 4.69) is 0 Å². The molecule has 2 N–H and O–H groups in total. The number of hydrogen-bond donors (Lipinski definition) is 2. The molecular weight excluding hydrogens is 825 g/mol. The van der Waals surface area contributed by atoms with Crippen molar-refractivity contribution < 1.29 is 52.8 Å².